The molecule has 0 N–H and O–H groups in total. The van der Waals surface area contributed by atoms with E-state index in [1.165, 1.54) is 11.8 Å². The molecule has 1 amide bonds. The fourth-order valence-corrected chi connectivity index (χ4v) is 3.92. The van der Waals surface area contributed by atoms with Crippen LogP contribution in [0.1, 0.15) is 19.4 Å². The van der Waals surface area contributed by atoms with Gasteiger partial charge in [0.25, 0.3) is 5.91 Å². The predicted octanol–water partition coefficient (Wildman–Crippen LogP) is 5.89. The number of thioether (sulfide) groups is 1. The van der Waals surface area contributed by atoms with E-state index in [-0.39, 0.29) is 5.91 Å². The third-order valence-electron chi connectivity index (χ3n) is 3.64. The van der Waals surface area contributed by atoms with Gasteiger partial charge in [0.15, 0.2) is 4.32 Å². The normalized spacial score (nSPS) is 16.0. The molecular formula is C20H18BrNO2S2. The summed E-state index contributed by atoms with van der Waals surface area (Å²) in [4.78, 5) is 15.0. The molecule has 1 aliphatic heterocycles. The van der Waals surface area contributed by atoms with Crippen molar-refractivity contribution < 1.29 is 9.53 Å². The Hall–Kier alpha value is -1.63. The molecule has 1 aliphatic rings. The van der Waals surface area contributed by atoms with Crippen LogP contribution >= 0.6 is 39.9 Å². The van der Waals surface area contributed by atoms with Crippen LogP contribution in [-0.2, 0) is 4.79 Å². The molecule has 1 saturated heterocycles. The maximum Gasteiger partial charge on any atom is 0.270 e. The number of carbonyl (C=O) groups is 1. The van der Waals surface area contributed by atoms with Crippen LogP contribution in [0.5, 0.6) is 5.75 Å². The van der Waals surface area contributed by atoms with Crippen molar-refractivity contribution in [1.82, 2.24) is 0 Å². The van der Waals surface area contributed by atoms with Crippen molar-refractivity contribution in [2.45, 2.75) is 13.8 Å². The number of benzene rings is 2. The van der Waals surface area contributed by atoms with E-state index in [1.54, 1.807) is 4.90 Å². The Morgan fingerprint density at radius 3 is 2.42 bits per heavy atom. The summed E-state index contributed by atoms with van der Waals surface area (Å²) < 4.78 is 7.19. The molecular weight excluding hydrogens is 430 g/mol. The summed E-state index contributed by atoms with van der Waals surface area (Å²) in [5.41, 5.74) is 1.72. The zero-order valence-electron chi connectivity index (χ0n) is 14.4. The Morgan fingerprint density at radius 2 is 1.81 bits per heavy atom. The minimum atomic E-state index is -0.0949. The average Bonchev–Trinajstić information content (AvgIpc) is 2.89. The zero-order chi connectivity index (χ0) is 18.7. The number of thiocarbonyl (C=S) groups is 1. The van der Waals surface area contributed by atoms with Crippen LogP contribution < -0.4 is 9.64 Å². The lowest BCUT2D eigenvalue weighted by atomic mass is 10.2. The number of hydrogen-bond acceptors (Lipinski definition) is 4. The van der Waals surface area contributed by atoms with Gasteiger partial charge in [-0.25, -0.2) is 0 Å². The molecule has 0 unspecified atom stereocenters. The minimum Gasteiger partial charge on any atom is -0.493 e. The van der Waals surface area contributed by atoms with Crippen LogP contribution in [0, 0.1) is 5.92 Å². The number of ether oxygens (including phenoxy) is 1. The molecule has 0 bridgehead atoms. The molecule has 134 valence electrons. The van der Waals surface area contributed by atoms with E-state index in [1.807, 2.05) is 54.6 Å². The molecule has 2 aromatic carbocycles. The van der Waals surface area contributed by atoms with Gasteiger partial charge >= 0.3 is 0 Å². The largest absolute Gasteiger partial charge is 0.493 e. The summed E-state index contributed by atoms with van der Waals surface area (Å²) >= 11 is 10.1. The predicted molar refractivity (Wildman–Crippen MR) is 117 cm³/mol. The van der Waals surface area contributed by atoms with Crippen molar-refractivity contribution in [3.05, 3.63) is 63.5 Å². The number of anilines is 1. The molecule has 0 saturated carbocycles. The second-order valence-electron chi connectivity index (χ2n) is 6.27. The average molecular weight is 448 g/mol. The highest BCUT2D eigenvalue weighted by Gasteiger charge is 2.33. The van der Waals surface area contributed by atoms with Crippen LogP contribution in [-0.4, -0.2) is 16.8 Å². The number of amides is 1. The highest BCUT2D eigenvalue weighted by molar-refractivity contribution is 9.10. The molecule has 0 aliphatic carbocycles. The quantitative estimate of drug-likeness (QED) is 0.422. The lowest BCUT2D eigenvalue weighted by Crippen LogP contribution is -2.27. The fraction of sp³-hybridized carbons (Fsp3) is 0.200. The Kier molecular flexibility index (Phi) is 6.16. The Labute approximate surface area is 171 Å². The van der Waals surface area contributed by atoms with E-state index in [2.05, 4.69) is 29.8 Å². The van der Waals surface area contributed by atoms with E-state index in [4.69, 9.17) is 17.0 Å². The summed E-state index contributed by atoms with van der Waals surface area (Å²) in [6.45, 7) is 4.91. The van der Waals surface area contributed by atoms with Crippen molar-refractivity contribution in [1.29, 1.82) is 0 Å². The minimum absolute atomic E-state index is 0.0949. The Balaban J connectivity index is 1.76. The number of carbonyl (C=O) groups excluding carboxylic acids is 1. The summed E-state index contributed by atoms with van der Waals surface area (Å²) in [7, 11) is 0. The molecule has 2 aromatic rings. The highest BCUT2D eigenvalue weighted by atomic mass is 79.9. The van der Waals surface area contributed by atoms with Crippen LogP contribution in [0.15, 0.2) is 57.9 Å². The second kappa shape index (κ2) is 8.37. The monoisotopic (exact) mass is 447 g/mol. The standard InChI is InChI=1S/C20H18BrNO2S2/c1-13(2)12-24-17-9-3-14(4-10-17)11-18-19(23)22(20(25)26-18)16-7-5-15(21)6-8-16/h3-11,13H,12H2,1-2H3/b18-11-. The van der Waals surface area contributed by atoms with Crippen molar-refractivity contribution >= 4 is 61.9 Å². The molecule has 26 heavy (non-hydrogen) atoms. The maximum absolute atomic E-state index is 12.8. The van der Waals surface area contributed by atoms with Crippen LogP contribution in [0.25, 0.3) is 6.08 Å². The van der Waals surface area contributed by atoms with Crippen molar-refractivity contribution in [3.8, 4) is 5.75 Å². The molecule has 0 aromatic heterocycles. The van der Waals surface area contributed by atoms with Crippen LogP contribution in [0.2, 0.25) is 0 Å². The molecule has 6 heteroatoms. The van der Waals surface area contributed by atoms with Gasteiger partial charge in [-0.15, -0.1) is 0 Å². The lowest BCUT2D eigenvalue weighted by molar-refractivity contribution is -0.113. The maximum atomic E-state index is 12.8. The van der Waals surface area contributed by atoms with E-state index in [0.29, 0.717) is 21.8 Å². The lowest BCUT2D eigenvalue weighted by Gasteiger charge is -2.14. The molecule has 3 rings (SSSR count). The summed E-state index contributed by atoms with van der Waals surface area (Å²) in [6, 6.07) is 15.3. The first-order valence-electron chi connectivity index (χ1n) is 8.20. The Morgan fingerprint density at radius 1 is 1.15 bits per heavy atom. The van der Waals surface area contributed by atoms with Gasteiger partial charge in [0, 0.05) is 4.47 Å². The SMILES string of the molecule is CC(C)COc1ccc(/C=C2\SC(=S)N(c3ccc(Br)cc3)C2=O)cc1. The summed E-state index contributed by atoms with van der Waals surface area (Å²) in [6.07, 6.45) is 1.87. The zero-order valence-corrected chi connectivity index (χ0v) is 17.7. The molecule has 0 radical (unpaired) electrons. The smallest absolute Gasteiger partial charge is 0.270 e. The molecule has 0 atom stereocenters. The van der Waals surface area contributed by atoms with Gasteiger partial charge in [-0.3, -0.25) is 9.69 Å². The molecule has 1 fully saturated rings. The van der Waals surface area contributed by atoms with Gasteiger partial charge in [0.2, 0.25) is 0 Å². The molecule has 0 spiro atoms. The second-order valence-corrected chi connectivity index (χ2v) is 8.86. The number of halogens is 1. The van der Waals surface area contributed by atoms with E-state index in [0.717, 1.165) is 21.5 Å². The summed E-state index contributed by atoms with van der Waals surface area (Å²) in [5, 5.41) is 0. The van der Waals surface area contributed by atoms with Gasteiger partial charge < -0.3 is 4.74 Å². The highest BCUT2D eigenvalue weighted by Crippen LogP contribution is 2.36. The number of rotatable bonds is 5. The third kappa shape index (κ3) is 4.55. The summed E-state index contributed by atoms with van der Waals surface area (Å²) in [5.74, 6) is 1.22. The van der Waals surface area contributed by atoms with Gasteiger partial charge in [0.1, 0.15) is 5.75 Å². The van der Waals surface area contributed by atoms with E-state index < -0.39 is 0 Å². The van der Waals surface area contributed by atoms with Crippen molar-refractivity contribution in [3.63, 3.8) is 0 Å². The van der Waals surface area contributed by atoms with Gasteiger partial charge in [-0.05, 0) is 54.0 Å². The first-order valence-corrected chi connectivity index (χ1v) is 10.2. The van der Waals surface area contributed by atoms with Crippen LogP contribution in [0.3, 0.4) is 0 Å². The van der Waals surface area contributed by atoms with E-state index >= 15 is 0 Å². The third-order valence-corrected chi connectivity index (χ3v) is 5.47. The van der Waals surface area contributed by atoms with Gasteiger partial charge in [-0.1, -0.05) is 65.9 Å². The molecule has 1 heterocycles. The number of nitrogens with zero attached hydrogens (tertiary/aromatic N) is 1. The Bertz CT molecular complexity index is 845. The topological polar surface area (TPSA) is 29.5 Å². The number of hydrogen-bond donors (Lipinski definition) is 0. The van der Waals surface area contributed by atoms with Crippen LogP contribution in [0.4, 0.5) is 5.69 Å². The van der Waals surface area contributed by atoms with Gasteiger partial charge in [0.05, 0.1) is 17.2 Å². The fourth-order valence-electron chi connectivity index (χ4n) is 2.36. The van der Waals surface area contributed by atoms with Crippen molar-refractivity contribution in [2.75, 3.05) is 11.5 Å². The van der Waals surface area contributed by atoms with E-state index in [9.17, 15) is 4.79 Å². The van der Waals surface area contributed by atoms with Gasteiger partial charge in [-0.2, -0.15) is 0 Å². The van der Waals surface area contributed by atoms with Crippen molar-refractivity contribution in [2.24, 2.45) is 5.92 Å². The first-order chi connectivity index (χ1) is 12.4. The first kappa shape index (κ1) is 19.1. The molecule has 3 nitrogen and oxygen atoms in total.